The molecule has 8 nitrogen and oxygen atoms in total. The van der Waals surface area contributed by atoms with Crippen molar-refractivity contribution in [1.29, 1.82) is 0 Å². The maximum atomic E-state index is 12.9. The van der Waals surface area contributed by atoms with Gasteiger partial charge in [-0.15, -0.1) is 0 Å². The highest BCUT2D eigenvalue weighted by atomic mass is 16.5. The standard InChI is InChI=1S/C18H18N4O4/c1-2-26-15(23)11-21-16-14(7-4-8-20-16)17(24)22(18(21)25)10-12-5-3-6-13(19)9-12/h3-9H,2,10-11,19H2,1H3. The van der Waals surface area contributed by atoms with Crippen molar-refractivity contribution in [2.24, 2.45) is 0 Å². The van der Waals surface area contributed by atoms with Gasteiger partial charge in [0.15, 0.2) is 0 Å². The second kappa shape index (κ2) is 7.22. The highest BCUT2D eigenvalue weighted by molar-refractivity contribution is 5.76. The van der Waals surface area contributed by atoms with E-state index in [2.05, 4.69) is 4.98 Å². The van der Waals surface area contributed by atoms with Gasteiger partial charge >= 0.3 is 11.7 Å². The molecule has 0 unspecified atom stereocenters. The lowest BCUT2D eigenvalue weighted by Crippen LogP contribution is -2.41. The zero-order valence-corrected chi connectivity index (χ0v) is 14.2. The third-order valence-electron chi connectivity index (χ3n) is 3.86. The normalized spacial score (nSPS) is 10.8. The Hall–Kier alpha value is -3.42. The molecule has 0 spiro atoms. The molecular formula is C18H18N4O4. The number of nitrogens with zero attached hydrogens (tertiary/aromatic N) is 3. The van der Waals surface area contributed by atoms with E-state index in [-0.39, 0.29) is 30.7 Å². The molecule has 2 aromatic heterocycles. The molecule has 0 bridgehead atoms. The van der Waals surface area contributed by atoms with E-state index in [4.69, 9.17) is 10.5 Å². The number of hydrogen-bond donors (Lipinski definition) is 1. The van der Waals surface area contributed by atoms with Crippen molar-refractivity contribution in [3.63, 3.8) is 0 Å². The molecule has 134 valence electrons. The number of carbonyl (C=O) groups excluding carboxylic acids is 1. The SMILES string of the molecule is CCOC(=O)Cn1c(=O)n(Cc2cccc(N)c2)c(=O)c2cccnc21. The molecule has 0 atom stereocenters. The molecule has 0 amide bonds. The fraction of sp³-hybridized carbons (Fsp3) is 0.222. The number of rotatable bonds is 5. The van der Waals surface area contributed by atoms with Crippen LogP contribution in [0, 0.1) is 0 Å². The van der Waals surface area contributed by atoms with E-state index in [9.17, 15) is 14.4 Å². The molecular weight excluding hydrogens is 336 g/mol. The number of nitrogens with two attached hydrogens (primary N) is 1. The van der Waals surface area contributed by atoms with Crippen LogP contribution in [0.5, 0.6) is 0 Å². The molecule has 8 heteroatoms. The van der Waals surface area contributed by atoms with Gasteiger partial charge < -0.3 is 10.5 Å². The van der Waals surface area contributed by atoms with Crippen LogP contribution in [-0.2, 0) is 22.6 Å². The van der Waals surface area contributed by atoms with Gasteiger partial charge in [-0.3, -0.25) is 18.7 Å². The second-order valence-corrected chi connectivity index (χ2v) is 5.68. The Morgan fingerprint density at radius 3 is 2.73 bits per heavy atom. The molecule has 1 aromatic carbocycles. The van der Waals surface area contributed by atoms with Crippen molar-refractivity contribution in [2.45, 2.75) is 20.0 Å². The summed E-state index contributed by atoms with van der Waals surface area (Å²) in [4.78, 5) is 41.6. The monoisotopic (exact) mass is 354 g/mol. The first-order chi connectivity index (χ1) is 12.5. The molecule has 0 aliphatic heterocycles. The lowest BCUT2D eigenvalue weighted by molar-refractivity contribution is -0.143. The molecule has 0 aliphatic carbocycles. The van der Waals surface area contributed by atoms with Gasteiger partial charge in [-0.25, -0.2) is 9.78 Å². The first-order valence-corrected chi connectivity index (χ1v) is 8.09. The predicted molar refractivity (Wildman–Crippen MR) is 96.9 cm³/mol. The maximum Gasteiger partial charge on any atom is 0.333 e. The number of fused-ring (bicyclic) bond motifs is 1. The molecule has 2 heterocycles. The fourth-order valence-electron chi connectivity index (χ4n) is 2.74. The minimum absolute atomic E-state index is 0.0381. The molecule has 3 aromatic rings. The third-order valence-corrected chi connectivity index (χ3v) is 3.86. The van der Waals surface area contributed by atoms with E-state index in [0.29, 0.717) is 11.3 Å². The number of esters is 1. The van der Waals surface area contributed by atoms with Crippen LogP contribution >= 0.6 is 0 Å². The van der Waals surface area contributed by atoms with Gasteiger partial charge in [-0.2, -0.15) is 0 Å². The Morgan fingerprint density at radius 1 is 1.19 bits per heavy atom. The second-order valence-electron chi connectivity index (χ2n) is 5.68. The Labute approximate surface area is 148 Å². The predicted octanol–water partition coefficient (Wildman–Crippen LogP) is 0.752. The Kier molecular flexibility index (Phi) is 4.83. The molecule has 0 aliphatic rings. The van der Waals surface area contributed by atoms with Gasteiger partial charge in [0.2, 0.25) is 0 Å². The summed E-state index contributed by atoms with van der Waals surface area (Å²) in [6, 6.07) is 10.1. The number of nitrogen functional groups attached to an aromatic ring is 1. The topological polar surface area (TPSA) is 109 Å². The molecule has 0 fully saturated rings. The van der Waals surface area contributed by atoms with Crippen LogP contribution in [0.2, 0.25) is 0 Å². The lowest BCUT2D eigenvalue weighted by atomic mass is 10.2. The summed E-state index contributed by atoms with van der Waals surface area (Å²) in [5, 5.41) is 0.250. The Bertz CT molecular complexity index is 1080. The minimum Gasteiger partial charge on any atom is -0.465 e. The van der Waals surface area contributed by atoms with E-state index in [1.165, 1.54) is 6.20 Å². The molecule has 0 saturated carbocycles. The largest absolute Gasteiger partial charge is 0.465 e. The van der Waals surface area contributed by atoms with Gasteiger partial charge in [0, 0.05) is 11.9 Å². The number of aromatic nitrogens is 3. The van der Waals surface area contributed by atoms with Crippen molar-refractivity contribution >= 4 is 22.7 Å². The fourth-order valence-corrected chi connectivity index (χ4v) is 2.74. The first kappa shape index (κ1) is 17.4. The van der Waals surface area contributed by atoms with Crippen LogP contribution in [0.4, 0.5) is 5.69 Å². The number of carbonyl (C=O) groups is 1. The molecule has 0 radical (unpaired) electrons. The zero-order valence-electron chi connectivity index (χ0n) is 14.2. The van der Waals surface area contributed by atoms with Gasteiger partial charge in [0.1, 0.15) is 12.2 Å². The van der Waals surface area contributed by atoms with E-state index in [0.717, 1.165) is 9.13 Å². The maximum absolute atomic E-state index is 12.9. The minimum atomic E-state index is -0.628. The smallest absolute Gasteiger partial charge is 0.333 e. The summed E-state index contributed by atoms with van der Waals surface area (Å²) >= 11 is 0. The summed E-state index contributed by atoms with van der Waals surface area (Å²) in [5.74, 6) is -0.573. The first-order valence-electron chi connectivity index (χ1n) is 8.09. The van der Waals surface area contributed by atoms with Gasteiger partial charge in [-0.1, -0.05) is 12.1 Å². The highest BCUT2D eigenvalue weighted by Gasteiger charge is 2.16. The zero-order chi connectivity index (χ0) is 18.7. The molecule has 0 saturated heterocycles. The number of benzene rings is 1. The van der Waals surface area contributed by atoms with Crippen LogP contribution in [0.1, 0.15) is 12.5 Å². The molecule has 2 N–H and O–H groups in total. The van der Waals surface area contributed by atoms with Crippen molar-refractivity contribution in [3.8, 4) is 0 Å². The molecule has 3 rings (SSSR count). The quantitative estimate of drug-likeness (QED) is 0.535. The van der Waals surface area contributed by atoms with Gasteiger partial charge in [0.25, 0.3) is 5.56 Å². The summed E-state index contributed by atoms with van der Waals surface area (Å²) in [7, 11) is 0. The van der Waals surface area contributed by atoms with Crippen LogP contribution in [0.15, 0.2) is 52.2 Å². The average molecular weight is 354 g/mol. The highest BCUT2D eigenvalue weighted by Crippen LogP contribution is 2.09. The van der Waals surface area contributed by atoms with Gasteiger partial charge in [-0.05, 0) is 36.8 Å². The van der Waals surface area contributed by atoms with Crippen LogP contribution in [0.3, 0.4) is 0 Å². The van der Waals surface area contributed by atoms with Crippen molar-refractivity contribution in [3.05, 3.63) is 69.0 Å². The summed E-state index contributed by atoms with van der Waals surface area (Å²) in [5.41, 5.74) is 6.05. The summed E-state index contributed by atoms with van der Waals surface area (Å²) in [6.07, 6.45) is 1.46. The Morgan fingerprint density at radius 2 is 2.00 bits per heavy atom. The number of hydrogen-bond acceptors (Lipinski definition) is 6. The van der Waals surface area contributed by atoms with Crippen molar-refractivity contribution in [2.75, 3.05) is 12.3 Å². The number of anilines is 1. The van der Waals surface area contributed by atoms with E-state index >= 15 is 0 Å². The van der Waals surface area contributed by atoms with E-state index in [1.807, 2.05) is 0 Å². The number of ether oxygens (including phenoxy) is 1. The number of pyridine rings is 1. The summed E-state index contributed by atoms with van der Waals surface area (Å²) < 4.78 is 7.14. The lowest BCUT2D eigenvalue weighted by Gasteiger charge is -2.13. The van der Waals surface area contributed by atoms with Crippen LogP contribution in [-0.4, -0.2) is 26.7 Å². The third kappa shape index (κ3) is 3.34. The summed E-state index contributed by atoms with van der Waals surface area (Å²) in [6.45, 7) is 1.59. The van der Waals surface area contributed by atoms with E-state index < -0.39 is 17.2 Å². The van der Waals surface area contributed by atoms with Gasteiger partial charge in [0.05, 0.1) is 18.5 Å². The molecule has 26 heavy (non-hydrogen) atoms. The van der Waals surface area contributed by atoms with E-state index in [1.54, 1.807) is 43.3 Å². The average Bonchev–Trinajstić information content (AvgIpc) is 2.62. The van der Waals surface area contributed by atoms with Crippen LogP contribution in [0.25, 0.3) is 11.0 Å². The van der Waals surface area contributed by atoms with Crippen molar-refractivity contribution in [1.82, 2.24) is 14.1 Å². The van der Waals surface area contributed by atoms with Crippen LogP contribution < -0.4 is 17.0 Å². The Balaban J connectivity index is 2.18. The van der Waals surface area contributed by atoms with Crippen molar-refractivity contribution < 1.29 is 9.53 Å².